The quantitative estimate of drug-likeness (QED) is 0.566. The summed E-state index contributed by atoms with van der Waals surface area (Å²) in [6, 6.07) is 8.55. The van der Waals surface area contributed by atoms with Crippen molar-refractivity contribution in [2.75, 3.05) is 18.5 Å². The van der Waals surface area contributed by atoms with Crippen LogP contribution in [0.1, 0.15) is 32.6 Å². The van der Waals surface area contributed by atoms with Crippen LogP contribution in [-0.4, -0.2) is 35.8 Å². The molecule has 1 aliphatic carbocycles. The average Bonchev–Trinajstić information content (AvgIpc) is 3.03. The van der Waals surface area contributed by atoms with Gasteiger partial charge in [0, 0.05) is 36.9 Å². The predicted octanol–water partition coefficient (Wildman–Crippen LogP) is 5.64. The Hall–Kier alpha value is -2.53. The number of hydrogen-bond donors (Lipinski definition) is 1. The van der Waals surface area contributed by atoms with Crippen molar-refractivity contribution < 1.29 is 9.90 Å². The molecule has 1 unspecified atom stereocenters. The molecule has 5 heteroatoms. The smallest absolute Gasteiger partial charge is 0.303 e. The summed E-state index contributed by atoms with van der Waals surface area (Å²) in [5.74, 6) is -0.742. The van der Waals surface area contributed by atoms with Crippen LogP contribution in [0.5, 0.6) is 0 Å². The predicted molar refractivity (Wildman–Crippen MR) is 123 cm³/mol. The van der Waals surface area contributed by atoms with Gasteiger partial charge in [0.05, 0.1) is 16.8 Å². The van der Waals surface area contributed by atoms with E-state index >= 15 is 0 Å². The SMILES string of the molecule is C\C=C/C(CC1Sc2ccccc2N1C)=C1/C=CC=C/C1=N\CCCCC(=O)O. The standard InChI is InChI=1S/C24H28N2O2S/c1-3-10-18(17-23-26(2)21-13-6-7-14-22(21)29-23)19-11-4-5-12-20(19)25-16-9-8-15-24(27)28/h3-7,10-14,23H,8-9,15-17H2,1-2H3,(H,27,28)/b10-3-,19-18+,25-20+. The van der Waals surface area contributed by atoms with Crippen molar-refractivity contribution in [3.05, 3.63) is 71.9 Å². The Balaban J connectivity index is 1.77. The zero-order valence-electron chi connectivity index (χ0n) is 17.0. The molecule has 3 rings (SSSR count). The number of nitrogens with zero attached hydrogens (tertiary/aromatic N) is 2. The minimum atomic E-state index is -0.742. The number of aliphatic imine (C=N–C) groups is 1. The molecule has 0 saturated heterocycles. The number of anilines is 1. The van der Waals surface area contributed by atoms with Crippen LogP contribution in [0.25, 0.3) is 0 Å². The van der Waals surface area contributed by atoms with Gasteiger partial charge in [-0.2, -0.15) is 0 Å². The van der Waals surface area contributed by atoms with Crippen LogP contribution in [0, 0.1) is 0 Å². The summed E-state index contributed by atoms with van der Waals surface area (Å²) < 4.78 is 0. The minimum Gasteiger partial charge on any atom is -0.481 e. The van der Waals surface area contributed by atoms with E-state index in [2.05, 4.69) is 66.6 Å². The van der Waals surface area contributed by atoms with E-state index in [1.807, 2.05) is 24.8 Å². The van der Waals surface area contributed by atoms with Gasteiger partial charge >= 0.3 is 5.97 Å². The van der Waals surface area contributed by atoms with Gasteiger partial charge in [-0.15, -0.1) is 0 Å². The van der Waals surface area contributed by atoms with Crippen molar-refractivity contribution in [2.24, 2.45) is 4.99 Å². The molecule has 0 saturated carbocycles. The summed E-state index contributed by atoms with van der Waals surface area (Å²) in [6.07, 6.45) is 15.1. The second-order valence-electron chi connectivity index (χ2n) is 7.13. The minimum absolute atomic E-state index is 0.207. The fourth-order valence-electron chi connectivity index (χ4n) is 3.54. The van der Waals surface area contributed by atoms with Crippen LogP contribution in [0.3, 0.4) is 0 Å². The van der Waals surface area contributed by atoms with E-state index in [9.17, 15) is 4.79 Å². The second kappa shape index (κ2) is 10.3. The lowest BCUT2D eigenvalue weighted by Crippen LogP contribution is -2.25. The first-order valence-corrected chi connectivity index (χ1v) is 10.9. The zero-order chi connectivity index (χ0) is 20.6. The van der Waals surface area contributed by atoms with Crippen LogP contribution in [-0.2, 0) is 4.79 Å². The van der Waals surface area contributed by atoms with Crippen molar-refractivity contribution in [3.63, 3.8) is 0 Å². The van der Waals surface area contributed by atoms with Crippen molar-refractivity contribution in [1.82, 2.24) is 0 Å². The highest BCUT2D eigenvalue weighted by Crippen LogP contribution is 2.44. The number of carboxylic acid groups (broad SMARTS) is 1. The molecular weight excluding hydrogens is 380 g/mol. The molecular formula is C24H28N2O2S. The molecule has 0 aromatic heterocycles. The molecule has 1 aliphatic heterocycles. The average molecular weight is 409 g/mol. The number of hydrogen-bond acceptors (Lipinski definition) is 4. The molecule has 1 atom stereocenters. The molecule has 1 aromatic rings. The first-order chi connectivity index (χ1) is 14.1. The molecule has 2 aliphatic rings. The maximum Gasteiger partial charge on any atom is 0.303 e. The number of thioether (sulfide) groups is 1. The first-order valence-electron chi connectivity index (χ1n) is 10.1. The third kappa shape index (κ3) is 5.51. The summed E-state index contributed by atoms with van der Waals surface area (Å²) >= 11 is 1.91. The third-order valence-corrected chi connectivity index (χ3v) is 6.39. The zero-order valence-corrected chi connectivity index (χ0v) is 17.9. The van der Waals surface area contributed by atoms with Crippen molar-refractivity contribution in [1.29, 1.82) is 0 Å². The number of para-hydroxylation sites is 1. The second-order valence-corrected chi connectivity index (χ2v) is 8.35. The molecule has 0 radical (unpaired) electrons. The van der Waals surface area contributed by atoms with E-state index in [1.54, 1.807) is 0 Å². The Kier molecular flexibility index (Phi) is 7.53. The summed E-state index contributed by atoms with van der Waals surface area (Å²) in [5.41, 5.74) is 4.71. The van der Waals surface area contributed by atoms with Crippen molar-refractivity contribution in [2.45, 2.75) is 42.9 Å². The van der Waals surface area contributed by atoms with Gasteiger partial charge in [0.2, 0.25) is 0 Å². The number of aliphatic carboxylic acids is 1. The lowest BCUT2D eigenvalue weighted by atomic mass is 9.96. The fourth-order valence-corrected chi connectivity index (χ4v) is 4.85. The van der Waals surface area contributed by atoms with Gasteiger partial charge in [-0.3, -0.25) is 9.79 Å². The molecule has 0 spiro atoms. The number of allylic oxidation sites excluding steroid dienone is 7. The van der Waals surface area contributed by atoms with Crippen LogP contribution >= 0.6 is 11.8 Å². The van der Waals surface area contributed by atoms with E-state index in [1.165, 1.54) is 16.2 Å². The first kappa shape index (κ1) is 21.2. The molecule has 0 bridgehead atoms. The maximum absolute atomic E-state index is 10.7. The molecule has 0 amide bonds. The van der Waals surface area contributed by atoms with Crippen molar-refractivity contribution >= 4 is 29.1 Å². The van der Waals surface area contributed by atoms with E-state index in [0.29, 0.717) is 18.3 Å². The van der Waals surface area contributed by atoms with E-state index in [0.717, 1.165) is 24.1 Å². The highest BCUT2D eigenvalue weighted by Gasteiger charge is 2.28. The summed E-state index contributed by atoms with van der Waals surface area (Å²) in [7, 11) is 2.16. The Bertz CT molecular complexity index is 896. The van der Waals surface area contributed by atoms with Crippen LogP contribution in [0.15, 0.2) is 81.8 Å². The molecule has 29 heavy (non-hydrogen) atoms. The van der Waals surface area contributed by atoms with Gasteiger partial charge in [-0.1, -0.05) is 54.3 Å². The monoisotopic (exact) mass is 408 g/mol. The number of carbonyl (C=O) groups is 1. The molecule has 1 N–H and O–H groups in total. The van der Waals surface area contributed by atoms with Gasteiger partial charge in [0.25, 0.3) is 0 Å². The highest BCUT2D eigenvalue weighted by atomic mass is 32.2. The maximum atomic E-state index is 10.7. The molecule has 1 heterocycles. The van der Waals surface area contributed by atoms with Crippen LogP contribution in [0.2, 0.25) is 0 Å². The van der Waals surface area contributed by atoms with E-state index < -0.39 is 5.97 Å². The lowest BCUT2D eigenvalue weighted by molar-refractivity contribution is -0.137. The number of rotatable bonds is 8. The van der Waals surface area contributed by atoms with Crippen molar-refractivity contribution in [3.8, 4) is 0 Å². The summed E-state index contributed by atoms with van der Waals surface area (Å²) in [6.45, 7) is 2.70. The molecule has 0 fully saturated rings. The third-order valence-electron chi connectivity index (χ3n) is 5.03. The number of unbranched alkanes of at least 4 members (excludes halogenated alkanes) is 1. The Morgan fingerprint density at radius 2 is 2.03 bits per heavy atom. The summed E-state index contributed by atoms with van der Waals surface area (Å²) in [4.78, 5) is 19.1. The topological polar surface area (TPSA) is 52.9 Å². The van der Waals surface area contributed by atoms with Gasteiger partial charge in [-0.25, -0.2) is 0 Å². The highest BCUT2D eigenvalue weighted by molar-refractivity contribution is 8.00. The molecule has 152 valence electrons. The van der Waals surface area contributed by atoms with Gasteiger partial charge in [-0.05, 0) is 43.5 Å². The van der Waals surface area contributed by atoms with E-state index in [4.69, 9.17) is 10.1 Å². The largest absolute Gasteiger partial charge is 0.481 e. The van der Waals surface area contributed by atoms with Crippen LogP contribution < -0.4 is 4.90 Å². The summed E-state index contributed by atoms with van der Waals surface area (Å²) in [5, 5.41) is 9.13. The Morgan fingerprint density at radius 1 is 1.24 bits per heavy atom. The number of benzene rings is 1. The van der Waals surface area contributed by atoms with Gasteiger partial charge < -0.3 is 10.0 Å². The fraction of sp³-hybridized carbons (Fsp3) is 0.333. The lowest BCUT2D eigenvalue weighted by Gasteiger charge is -2.23. The van der Waals surface area contributed by atoms with E-state index in [-0.39, 0.29) is 6.42 Å². The Morgan fingerprint density at radius 3 is 2.79 bits per heavy atom. The molecule has 4 nitrogen and oxygen atoms in total. The van der Waals surface area contributed by atoms with Crippen LogP contribution in [0.4, 0.5) is 5.69 Å². The van der Waals surface area contributed by atoms with Gasteiger partial charge in [0.15, 0.2) is 0 Å². The van der Waals surface area contributed by atoms with Gasteiger partial charge in [0.1, 0.15) is 0 Å². The Labute approximate surface area is 177 Å². The molecule has 1 aromatic carbocycles. The number of carboxylic acids is 1. The number of fused-ring (bicyclic) bond motifs is 1. The normalized spacial score (nSPS) is 21.2.